The lowest BCUT2D eigenvalue weighted by atomic mass is 9.80. The molecule has 0 aliphatic heterocycles. The van der Waals surface area contributed by atoms with E-state index in [4.69, 9.17) is 5.84 Å². The van der Waals surface area contributed by atoms with Gasteiger partial charge in [-0.25, -0.2) is 5.43 Å². The van der Waals surface area contributed by atoms with Crippen LogP contribution >= 0.6 is 0 Å². The van der Waals surface area contributed by atoms with Crippen LogP contribution in [0.3, 0.4) is 0 Å². The maximum Gasteiger partial charge on any atom is 0.0740 e. The molecule has 1 heterocycles. The van der Waals surface area contributed by atoms with Crippen molar-refractivity contribution >= 4 is 0 Å². The van der Waals surface area contributed by atoms with Crippen LogP contribution in [0.15, 0.2) is 36.7 Å². The van der Waals surface area contributed by atoms with Crippen LogP contribution < -0.4 is 11.3 Å². The van der Waals surface area contributed by atoms with Gasteiger partial charge in [0.15, 0.2) is 0 Å². The van der Waals surface area contributed by atoms with Crippen LogP contribution in [0.25, 0.3) is 0 Å². The topological polar surface area (TPSA) is 55.9 Å². The minimum absolute atomic E-state index is 0.00383. The normalized spacial score (nSPS) is 17.2. The summed E-state index contributed by atoms with van der Waals surface area (Å²) in [7, 11) is 1.91. The van der Waals surface area contributed by atoms with Crippen LogP contribution in [0.4, 0.5) is 0 Å². The number of nitrogens with two attached hydrogens (primary N) is 1. The van der Waals surface area contributed by atoms with Crippen molar-refractivity contribution in [2.24, 2.45) is 12.9 Å². The predicted octanol–water partition coefficient (Wildman–Crippen LogP) is 2.24. The van der Waals surface area contributed by atoms with Gasteiger partial charge in [-0.2, -0.15) is 5.10 Å². The van der Waals surface area contributed by atoms with Gasteiger partial charge in [-0.15, -0.1) is 0 Å². The fraction of sp³-hybridized carbons (Fsp3) is 0.400. The number of rotatable bonds is 4. The number of benzene rings is 1. The molecule has 1 saturated carbocycles. The summed E-state index contributed by atoms with van der Waals surface area (Å²) in [5, 5.41) is 4.20. The summed E-state index contributed by atoms with van der Waals surface area (Å²) in [4.78, 5) is 0. The molecule has 0 spiro atoms. The van der Waals surface area contributed by atoms with Crippen molar-refractivity contribution in [3.05, 3.63) is 53.3 Å². The molecule has 100 valence electrons. The third-order valence-corrected chi connectivity index (χ3v) is 4.07. The largest absolute Gasteiger partial charge is 0.275 e. The molecule has 4 nitrogen and oxygen atoms in total. The monoisotopic (exact) mass is 256 g/mol. The fourth-order valence-corrected chi connectivity index (χ4v) is 2.68. The summed E-state index contributed by atoms with van der Waals surface area (Å²) in [6.45, 7) is 0. The lowest BCUT2D eigenvalue weighted by Crippen LogP contribution is -2.28. The standard InChI is InChI=1S/C15H20N4/c1-19-10-14(9-17-19)15(18-16)13-7-5-12(6-8-13)11-3-2-4-11/h5-11,15,18H,2-4,16H2,1H3. The molecule has 0 amide bonds. The Bertz CT molecular complexity index is 540. The van der Waals surface area contributed by atoms with Crippen LogP contribution in [0.1, 0.15) is 47.9 Å². The summed E-state index contributed by atoms with van der Waals surface area (Å²) < 4.78 is 1.79. The van der Waals surface area contributed by atoms with Crippen molar-refractivity contribution in [2.75, 3.05) is 0 Å². The SMILES string of the molecule is Cn1cc(C(NN)c2ccc(C3CCC3)cc2)cn1. The van der Waals surface area contributed by atoms with Crippen LogP contribution in [-0.4, -0.2) is 9.78 Å². The molecule has 1 aromatic heterocycles. The molecule has 1 atom stereocenters. The first-order chi connectivity index (χ1) is 9.28. The Morgan fingerprint density at radius 2 is 2.00 bits per heavy atom. The zero-order chi connectivity index (χ0) is 13.2. The van der Waals surface area contributed by atoms with Gasteiger partial charge in [0.2, 0.25) is 0 Å². The van der Waals surface area contributed by atoms with Crippen molar-refractivity contribution in [1.29, 1.82) is 0 Å². The molecule has 1 aromatic carbocycles. The zero-order valence-corrected chi connectivity index (χ0v) is 11.2. The number of aromatic nitrogens is 2. The predicted molar refractivity (Wildman–Crippen MR) is 75.4 cm³/mol. The summed E-state index contributed by atoms with van der Waals surface area (Å²) in [5.41, 5.74) is 6.59. The molecule has 1 unspecified atom stereocenters. The van der Waals surface area contributed by atoms with Gasteiger partial charge < -0.3 is 0 Å². The van der Waals surface area contributed by atoms with Crippen molar-refractivity contribution in [2.45, 2.75) is 31.2 Å². The summed E-state index contributed by atoms with van der Waals surface area (Å²) in [6, 6.07) is 8.82. The molecule has 2 aromatic rings. The Kier molecular flexibility index (Phi) is 3.36. The number of aryl methyl sites for hydroxylation is 1. The number of nitrogens with zero attached hydrogens (tertiary/aromatic N) is 2. The molecular formula is C15H20N4. The second kappa shape index (κ2) is 5.15. The molecule has 0 saturated heterocycles. The molecule has 3 rings (SSSR count). The van der Waals surface area contributed by atoms with Gasteiger partial charge in [0.1, 0.15) is 0 Å². The Labute approximate surface area is 113 Å². The fourth-order valence-electron chi connectivity index (χ4n) is 2.68. The smallest absolute Gasteiger partial charge is 0.0740 e. The molecule has 0 bridgehead atoms. The van der Waals surface area contributed by atoms with E-state index in [-0.39, 0.29) is 6.04 Å². The van der Waals surface area contributed by atoms with Gasteiger partial charge in [0.25, 0.3) is 0 Å². The highest BCUT2D eigenvalue weighted by atomic mass is 15.3. The number of hydrogen-bond donors (Lipinski definition) is 2. The minimum atomic E-state index is 0.00383. The van der Waals surface area contributed by atoms with E-state index < -0.39 is 0 Å². The minimum Gasteiger partial charge on any atom is -0.275 e. The molecule has 0 radical (unpaired) electrons. The number of hydrazine groups is 1. The van der Waals surface area contributed by atoms with Gasteiger partial charge in [-0.3, -0.25) is 10.5 Å². The van der Waals surface area contributed by atoms with Crippen molar-refractivity contribution in [1.82, 2.24) is 15.2 Å². The molecule has 3 N–H and O–H groups in total. The van der Waals surface area contributed by atoms with Gasteiger partial charge in [0, 0.05) is 18.8 Å². The molecule has 1 fully saturated rings. The van der Waals surface area contributed by atoms with E-state index in [0.29, 0.717) is 0 Å². The van der Waals surface area contributed by atoms with E-state index in [0.717, 1.165) is 11.5 Å². The van der Waals surface area contributed by atoms with E-state index in [9.17, 15) is 0 Å². The Hall–Kier alpha value is -1.65. The molecule has 19 heavy (non-hydrogen) atoms. The number of nitrogens with one attached hydrogen (secondary N) is 1. The number of hydrogen-bond acceptors (Lipinski definition) is 3. The van der Waals surface area contributed by atoms with E-state index in [1.54, 1.807) is 4.68 Å². The summed E-state index contributed by atoms with van der Waals surface area (Å²) >= 11 is 0. The van der Waals surface area contributed by atoms with Gasteiger partial charge in [0.05, 0.1) is 12.2 Å². The van der Waals surface area contributed by atoms with Crippen molar-refractivity contribution < 1.29 is 0 Å². The lowest BCUT2D eigenvalue weighted by Gasteiger charge is -2.26. The molecule has 4 heteroatoms. The Balaban J connectivity index is 1.83. The first-order valence-corrected chi connectivity index (χ1v) is 6.82. The average Bonchev–Trinajstić information content (AvgIpc) is 2.77. The molecule has 1 aliphatic rings. The van der Waals surface area contributed by atoms with Crippen molar-refractivity contribution in [3.8, 4) is 0 Å². The van der Waals surface area contributed by atoms with E-state index in [1.807, 2.05) is 19.4 Å². The van der Waals surface area contributed by atoms with Gasteiger partial charge in [-0.1, -0.05) is 30.7 Å². The highest BCUT2D eigenvalue weighted by Crippen LogP contribution is 2.36. The highest BCUT2D eigenvalue weighted by molar-refractivity contribution is 5.33. The first kappa shape index (κ1) is 12.4. The highest BCUT2D eigenvalue weighted by Gasteiger charge is 2.20. The first-order valence-electron chi connectivity index (χ1n) is 6.82. The zero-order valence-electron chi connectivity index (χ0n) is 11.2. The van der Waals surface area contributed by atoms with Crippen LogP contribution in [0.5, 0.6) is 0 Å². The van der Waals surface area contributed by atoms with E-state index >= 15 is 0 Å². The average molecular weight is 256 g/mol. The quantitative estimate of drug-likeness (QED) is 0.651. The van der Waals surface area contributed by atoms with Crippen molar-refractivity contribution in [3.63, 3.8) is 0 Å². The Morgan fingerprint density at radius 1 is 1.26 bits per heavy atom. The second-order valence-electron chi connectivity index (χ2n) is 5.34. The van der Waals surface area contributed by atoms with E-state index in [1.165, 1.54) is 30.4 Å². The maximum atomic E-state index is 5.69. The third-order valence-electron chi connectivity index (χ3n) is 4.07. The van der Waals surface area contributed by atoms with E-state index in [2.05, 4.69) is 34.8 Å². The lowest BCUT2D eigenvalue weighted by molar-refractivity contribution is 0.419. The second-order valence-corrected chi connectivity index (χ2v) is 5.34. The van der Waals surface area contributed by atoms with Gasteiger partial charge in [-0.05, 0) is 29.9 Å². The Morgan fingerprint density at radius 3 is 2.47 bits per heavy atom. The molecular weight excluding hydrogens is 236 g/mol. The van der Waals surface area contributed by atoms with Gasteiger partial charge >= 0.3 is 0 Å². The summed E-state index contributed by atoms with van der Waals surface area (Å²) in [5.74, 6) is 6.47. The summed E-state index contributed by atoms with van der Waals surface area (Å²) in [6.07, 6.45) is 7.88. The van der Waals surface area contributed by atoms with Crippen LogP contribution in [0, 0.1) is 0 Å². The molecule has 1 aliphatic carbocycles. The van der Waals surface area contributed by atoms with Crippen LogP contribution in [0.2, 0.25) is 0 Å². The third kappa shape index (κ3) is 2.41. The maximum absolute atomic E-state index is 5.69. The van der Waals surface area contributed by atoms with Crippen LogP contribution in [-0.2, 0) is 7.05 Å².